The third-order valence-corrected chi connectivity index (χ3v) is 3.74. The molecule has 3 heteroatoms. The molecule has 1 heterocycles. The molecule has 1 fully saturated rings. The summed E-state index contributed by atoms with van der Waals surface area (Å²) < 4.78 is 13.3. The Morgan fingerprint density at radius 2 is 1.61 bits per heavy atom. The lowest BCUT2D eigenvalue weighted by Crippen LogP contribution is -2.44. The van der Waals surface area contributed by atoms with Crippen LogP contribution >= 0.6 is 0 Å². The molecule has 0 radical (unpaired) electrons. The van der Waals surface area contributed by atoms with Crippen LogP contribution in [0.3, 0.4) is 0 Å². The molecule has 0 atom stereocenters. The fourth-order valence-electron chi connectivity index (χ4n) is 3.94. The van der Waals surface area contributed by atoms with Gasteiger partial charge in [-0.2, -0.15) is 0 Å². The highest BCUT2D eigenvalue weighted by Crippen LogP contribution is 2.53. The fourth-order valence-corrected chi connectivity index (χ4v) is 3.94. The topological polar surface area (TPSA) is 33.1 Å². The van der Waals surface area contributed by atoms with Crippen molar-refractivity contribution < 1.29 is 9.50 Å². The maximum absolute atomic E-state index is 13.3. The molecule has 0 bridgehead atoms. The molecule has 1 aliphatic rings. The van der Waals surface area contributed by atoms with Gasteiger partial charge in [-0.15, -0.1) is 0 Å². The van der Waals surface area contributed by atoms with Crippen LogP contribution in [-0.4, -0.2) is 10.1 Å². The molecule has 100 valence electrons. The van der Waals surface area contributed by atoms with Crippen LogP contribution in [0.15, 0.2) is 18.5 Å². The molecule has 0 amide bonds. The van der Waals surface area contributed by atoms with E-state index in [1.807, 2.05) is 0 Å². The fraction of sp³-hybridized carbons (Fsp3) is 0.667. The zero-order chi connectivity index (χ0) is 13.6. The lowest BCUT2D eigenvalue weighted by atomic mass is 9.58. The smallest absolute Gasteiger partial charge is 0.141 e. The first kappa shape index (κ1) is 13.5. The van der Waals surface area contributed by atoms with Crippen molar-refractivity contribution in [3.05, 3.63) is 29.8 Å². The number of pyridine rings is 1. The second-order valence-electron chi connectivity index (χ2n) is 7.28. The van der Waals surface area contributed by atoms with Crippen LogP contribution in [0, 0.1) is 16.6 Å². The molecule has 0 aliphatic heterocycles. The summed E-state index contributed by atoms with van der Waals surface area (Å²) in [6, 6.07) is 1.41. The molecular formula is C15H22FNO. The highest BCUT2D eigenvalue weighted by atomic mass is 19.1. The van der Waals surface area contributed by atoms with Gasteiger partial charge in [0.15, 0.2) is 0 Å². The molecule has 1 aromatic rings. The molecule has 0 aromatic carbocycles. The molecule has 1 aromatic heterocycles. The predicted octanol–water partition coefficient (Wildman–Crippen LogP) is 3.64. The van der Waals surface area contributed by atoms with Crippen LogP contribution in [-0.2, 0) is 5.60 Å². The summed E-state index contributed by atoms with van der Waals surface area (Å²) in [5, 5.41) is 10.9. The van der Waals surface area contributed by atoms with Gasteiger partial charge in [0.05, 0.1) is 11.8 Å². The van der Waals surface area contributed by atoms with E-state index in [4.69, 9.17) is 0 Å². The van der Waals surface area contributed by atoms with Crippen molar-refractivity contribution in [1.82, 2.24) is 4.98 Å². The average molecular weight is 251 g/mol. The van der Waals surface area contributed by atoms with E-state index in [1.165, 1.54) is 12.3 Å². The number of aliphatic hydroxyl groups is 1. The molecule has 0 saturated heterocycles. The third-order valence-electron chi connectivity index (χ3n) is 3.74. The average Bonchev–Trinajstić information content (AvgIpc) is 2.11. The Kier molecular flexibility index (Phi) is 3.01. The van der Waals surface area contributed by atoms with E-state index < -0.39 is 5.60 Å². The SMILES string of the molecule is CC1(C)CC(C)(C)CC(O)(c2cncc(F)c2)C1. The van der Waals surface area contributed by atoms with E-state index in [2.05, 4.69) is 32.7 Å². The van der Waals surface area contributed by atoms with Crippen molar-refractivity contribution >= 4 is 0 Å². The van der Waals surface area contributed by atoms with Crippen molar-refractivity contribution in [1.29, 1.82) is 0 Å². The Hall–Kier alpha value is -0.960. The number of rotatable bonds is 1. The van der Waals surface area contributed by atoms with Gasteiger partial charge in [0.25, 0.3) is 0 Å². The van der Waals surface area contributed by atoms with E-state index in [0.717, 1.165) is 6.42 Å². The van der Waals surface area contributed by atoms with Crippen molar-refractivity contribution in [2.75, 3.05) is 0 Å². The van der Waals surface area contributed by atoms with Gasteiger partial charge >= 0.3 is 0 Å². The first-order valence-corrected chi connectivity index (χ1v) is 6.46. The number of nitrogens with zero attached hydrogens (tertiary/aromatic N) is 1. The first-order valence-electron chi connectivity index (χ1n) is 6.46. The Balaban J connectivity index is 2.41. The van der Waals surface area contributed by atoms with Crippen molar-refractivity contribution in [3.8, 4) is 0 Å². The molecule has 2 nitrogen and oxygen atoms in total. The van der Waals surface area contributed by atoms with Gasteiger partial charge in [-0.3, -0.25) is 4.98 Å². The molecule has 2 rings (SSSR count). The summed E-state index contributed by atoms with van der Waals surface area (Å²) in [5.74, 6) is -0.387. The third kappa shape index (κ3) is 2.72. The first-order chi connectivity index (χ1) is 8.12. The Morgan fingerprint density at radius 3 is 2.11 bits per heavy atom. The molecule has 18 heavy (non-hydrogen) atoms. The monoisotopic (exact) mass is 251 g/mol. The van der Waals surface area contributed by atoms with E-state index in [0.29, 0.717) is 18.4 Å². The molecule has 1 saturated carbocycles. The maximum Gasteiger partial charge on any atom is 0.141 e. The molecule has 0 spiro atoms. The lowest BCUT2D eigenvalue weighted by molar-refractivity contribution is -0.0916. The quantitative estimate of drug-likeness (QED) is 0.826. The van der Waals surface area contributed by atoms with Crippen LogP contribution in [0.2, 0.25) is 0 Å². The standard InChI is InChI=1S/C15H22FNO/c1-13(2)8-14(3,4)10-15(18,9-13)11-5-12(16)7-17-6-11/h5-7,18H,8-10H2,1-4H3. The minimum atomic E-state index is -0.972. The summed E-state index contributed by atoms with van der Waals surface area (Å²) >= 11 is 0. The summed E-state index contributed by atoms with van der Waals surface area (Å²) in [5.41, 5.74) is -0.283. The van der Waals surface area contributed by atoms with E-state index in [9.17, 15) is 9.50 Å². The molecular weight excluding hydrogens is 229 g/mol. The maximum atomic E-state index is 13.3. The van der Waals surface area contributed by atoms with Crippen LogP contribution in [0.5, 0.6) is 0 Å². The van der Waals surface area contributed by atoms with E-state index in [-0.39, 0.29) is 16.6 Å². The number of hydrogen-bond acceptors (Lipinski definition) is 2. The highest BCUT2D eigenvalue weighted by Gasteiger charge is 2.47. The number of aromatic nitrogens is 1. The zero-order valence-electron chi connectivity index (χ0n) is 11.6. The normalized spacial score (nSPS) is 24.8. The second-order valence-corrected chi connectivity index (χ2v) is 7.28. The minimum absolute atomic E-state index is 0.0445. The molecule has 1 N–H and O–H groups in total. The van der Waals surface area contributed by atoms with Gasteiger partial charge in [-0.25, -0.2) is 4.39 Å². The van der Waals surface area contributed by atoms with Gasteiger partial charge in [-0.1, -0.05) is 27.7 Å². The predicted molar refractivity (Wildman–Crippen MR) is 69.5 cm³/mol. The van der Waals surface area contributed by atoms with E-state index >= 15 is 0 Å². The summed E-state index contributed by atoms with van der Waals surface area (Å²) in [7, 11) is 0. The number of hydrogen-bond donors (Lipinski definition) is 1. The largest absolute Gasteiger partial charge is 0.385 e. The highest BCUT2D eigenvalue weighted by molar-refractivity contribution is 5.21. The molecule has 0 unspecified atom stereocenters. The van der Waals surface area contributed by atoms with Gasteiger partial charge in [0.1, 0.15) is 5.82 Å². The van der Waals surface area contributed by atoms with Crippen molar-refractivity contribution in [3.63, 3.8) is 0 Å². The van der Waals surface area contributed by atoms with Crippen molar-refractivity contribution in [2.45, 2.75) is 52.6 Å². The van der Waals surface area contributed by atoms with Gasteiger partial charge < -0.3 is 5.11 Å². The van der Waals surface area contributed by atoms with Crippen LogP contribution in [0.25, 0.3) is 0 Å². The Bertz CT molecular complexity index is 438. The number of halogens is 1. The van der Waals surface area contributed by atoms with Gasteiger partial charge in [0.2, 0.25) is 0 Å². The van der Waals surface area contributed by atoms with Crippen LogP contribution in [0.1, 0.15) is 52.5 Å². The van der Waals surface area contributed by atoms with Crippen molar-refractivity contribution in [2.24, 2.45) is 10.8 Å². The van der Waals surface area contributed by atoms with E-state index in [1.54, 1.807) is 6.20 Å². The summed E-state index contributed by atoms with van der Waals surface area (Å²) in [4.78, 5) is 3.87. The zero-order valence-corrected chi connectivity index (χ0v) is 11.6. The van der Waals surface area contributed by atoms with Gasteiger partial charge in [-0.05, 0) is 36.2 Å². The Morgan fingerprint density at radius 1 is 1.06 bits per heavy atom. The van der Waals surface area contributed by atoms with Crippen LogP contribution in [0.4, 0.5) is 4.39 Å². The minimum Gasteiger partial charge on any atom is -0.385 e. The summed E-state index contributed by atoms with van der Waals surface area (Å²) in [6.45, 7) is 8.63. The van der Waals surface area contributed by atoms with Gasteiger partial charge in [0, 0.05) is 11.8 Å². The summed E-state index contributed by atoms with van der Waals surface area (Å²) in [6.07, 6.45) is 5.11. The second kappa shape index (κ2) is 4.02. The molecule has 1 aliphatic carbocycles. The Labute approximate surface area is 108 Å². The van der Waals surface area contributed by atoms with Crippen LogP contribution < -0.4 is 0 Å². The lowest BCUT2D eigenvalue weighted by Gasteiger charge is -2.49.